The second kappa shape index (κ2) is 6.27. The van der Waals surface area contributed by atoms with Gasteiger partial charge in [0.25, 0.3) is 0 Å². The summed E-state index contributed by atoms with van der Waals surface area (Å²) in [7, 11) is 0. The third-order valence-corrected chi connectivity index (χ3v) is 6.83. The molecule has 6 heteroatoms. The molecule has 5 nitrogen and oxygen atoms in total. The Labute approximate surface area is 157 Å². The van der Waals surface area contributed by atoms with Gasteiger partial charge >= 0.3 is 0 Å². The fraction of sp³-hybridized carbons (Fsp3) is 0.450. The number of nitrogen functional groups attached to an aromatic ring is 1. The van der Waals surface area contributed by atoms with Crippen LogP contribution in [0.4, 0.5) is 11.4 Å². The fourth-order valence-electron chi connectivity index (χ4n) is 4.80. The molecule has 1 aromatic heterocycles. The van der Waals surface area contributed by atoms with Gasteiger partial charge in [-0.1, -0.05) is 20.3 Å². The summed E-state index contributed by atoms with van der Waals surface area (Å²) >= 11 is 1.51. The molecule has 2 fully saturated rings. The maximum atomic E-state index is 13.3. The molecule has 2 aromatic rings. The third-order valence-electron chi connectivity index (χ3n) is 6.05. The predicted molar refractivity (Wildman–Crippen MR) is 105 cm³/mol. The summed E-state index contributed by atoms with van der Waals surface area (Å²) in [4.78, 5) is 33.2. The minimum Gasteiger partial charge on any atom is -0.397 e. The molecule has 1 aliphatic carbocycles. The Morgan fingerprint density at radius 2 is 2.04 bits per heavy atom. The molecule has 2 amide bonds. The van der Waals surface area contributed by atoms with E-state index >= 15 is 0 Å². The molecule has 4 rings (SSSR count). The van der Waals surface area contributed by atoms with Crippen molar-refractivity contribution in [2.24, 2.45) is 23.7 Å². The number of anilines is 2. The molecule has 136 valence electrons. The number of rotatable bonds is 3. The average Bonchev–Trinajstić information content (AvgIpc) is 3.12. The number of nitrogens with two attached hydrogens (primary N) is 1. The van der Waals surface area contributed by atoms with Gasteiger partial charge in [-0.2, -0.15) is 0 Å². The minimum atomic E-state index is -0.207. The molecule has 4 unspecified atom stereocenters. The molecule has 1 aliphatic heterocycles. The maximum absolute atomic E-state index is 13.3. The molecule has 0 radical (unpaired) electrons. The summed E-state index contributed by atoms with van der Waals surface area (Å²) < 4.78 is 0. The highest BCUT2D eigenvalue weighted by molar-refractivity contribution is 7.98. The first-order chi connectivity index (χ1) is 12.5. The number of nitrogens with zero attached hydrogens (tertiary/aromatic N) is 2. The molecule has 1 saturated heterocycles. The number of benzene rings is 1. The topological polar surface area (TPSA) is 76.3 Å². The van der Waals surface area contributed by atoms with Crippen molar-refractivity contribution in [1.82, 2.24) is 4.98 Å². The monoisotopic (exact) mass is 369 g/mol. The first-order valence-corrected chi connectivity index (χ1v) is 10.3. The Morgan fingerprint density at radius 3 is 2.73 bits per heavy atom. The smallest absolute Gasteiger partial charge is 0.238 e. The maximum Gasteiger partial charge on any atom is 0.238 e. The zero-order valence-corrected chi connectivity index (χ0v) is 16.0. The van der Waals surface area contributed by atoms with Crippen molar-refractivity contribution in [3.05, 3.63) is 24.4 Å². The molecular formula is C20H23N3O2S. The highest BCUT2D eigenvalue weighted by Crippen LogP contribution is 2.50. The molecule has 4 atom stereocenters. The van der Waals surface area contributed by atoms with E-state index in [0.717, 1.165) is 23.1 Å². The van der Waals surface area contributed by atoms with E-state index in [0.29, 0.717) is 16.9 Å². The lowest BCUT2D eigenvalue weighted by atomic mass is 9.89. The van der Waals surface area contributed by atoms with Crippen LogP contribution in [-0.2, 0) is 9.59 Å². The van der Waals surface area contributed by atoms with Crippen LogP contribution in [0, 0.1) is 23.7 Å². The molecule has 0 spiro atoms. The van der Waals surface area contributed by atoms with Gasteiger partial charge in [0.1, 0.15) is 0 Å². The number of pyridine rings is 1. The second-order valence-corrected chi connectivity index (χ2v) is 8.20. The number of imide groups is 1. The van der Waals surface area contributed by atoms with Crippen LogP contribution in [0.25, 0.3) is 10.9 Å². The first-order valence-electron chi connectivity index (χ1n) is 9.08. The summed E-state index contributed by atoms with van der Waals surface area (Å²) in [6.07, 6.45) is 5.49. The summed E-state index contributed by atoms with van der Waals surface area (Å²) in [5.74, 6) is -0.0332. The number of aromatic nitrogens is 1. The van der Waals surface area contributed by atoms with Crippen LogP contribution in [0.15, 0.2) is 29.3 Å². The second-order valence-electron chi connectivity index (χ2n) is 7.36. The number of fused-ring (bicyclic) bond motifs is 2. The average molecular weight is 369 g/mol. The van der Waals surface area contributed by atoms with Gasteiger partial charge in [0.05, 0.1) is 28.7 Å². The van der Waals surface area contributed by atoms with Gasteiger partial charge in [-0.3, -0.25) is 14.6 Å². The van der Waals surface area contributed by atoms with E-state index in [-0.39, 0.29) is 35.5 Å². The van der Waals surface area contributed by atoms with Gasteiger partial charge in [0.15, 0.2) is 0 Å². The van der Waals surface area contributed by atoms with Crippen LogP contribution in [0.5, 0.6) is 0 Å². The van der Waals surface area contributed by atoms with E-state index < -0.39 is 0 Å². The fourth-order valence-corrected chi connectivity index (χ4v) is 5.36. The standard InChI is InChI=1S/C20H23N3O2S/c1-4-11-8-10(2)15-16(11)20(25)23(19(15)24)13-9-14(26-3)17(21)12-6-5-7-22-18(12)13/h5-7,9-11,15-16H,4,8,21H2,1-3H3. The van der Waals surface area contributed by atoms with Gasteiger partial charge in [-0.25, -0.2) is 4.90 Å². The largest absolute Gasteiger partial charge is 0.397 e. The van der Waals surface area contributed by atoms with Crippen LogP contribution < -0.4 is 10.6 Å². The van der Waals surface area contributed by atoms with E-state index in [1.807, 2.05) is 24.5 Å². The van der Waals surface area contributed by atoms with Crippen molar-refractivity contribution in [3.8, 4) is 0 Å². The number of hydrogen-bond acceptors (Lipinski definition) is 5. The van der Waals surface area contributed by atoms with Crippen molar-refractivity contribution in [3.63, 3.8) is 0 Å². The van der Waals surface area contributed by atoms with Crippen molar-refractivity contribution in [2.75, 3.05) is 16.9 Å². The van der Waals surface area contributed by atoms with Gasteiger partial charge in [-0.15, -0.1) is 11.8 Å². The molecule has 2 N–H and O–H groups in total. The van der Waals surface area contributed by atoms with Gasteiger partial charge in [0.2, 0.25) is 11.8 Å². The Balaban J connectivity index is 1.90. The third kappa shape index (κ3) is 2.28. The van der Waals surface area contributed by atoms with Crippen molar-refractivity contribution < 1.29 is 9.59 Å². The van der Waals surface area contributed by atoms with Crippen LogP contribution in [0.3, 0.4) is 0 Å². The summed E-state index contributed by atoms with van der Waals surface area (Å²) in [5, 5.41) is 0.784. The zero-order chi connectivity index (χ0) is 18.6. The minimum absolute atomic E-state index is 0.0695. The number of amides is 2. The summed E-state index contributed by atoms with van der Waals surface area (Å²) in [6.45, 7) is 4.20. The van der Waals surface area contributed by atoms with Crippen LogP contribution in [-0.4, -0.2) is 23.1 Å². The SMILES string of the molecule is CCC1CC(C)C2C(=O)N(c3cc(SC)c(N)c4cccnc34)C(=O)C12. The predicted octanol–water partition coefficient (Wildman–Crippen LogP) is 3.71. The Bertz CT molecular complexity index is 913. The van der Waals surface area contributed by atoms with Crippen molar-refractivity contribution in [2.45, 2.75) is 31.6 Å². The lowest BCUT2D eigenvalue weighted by molar-refractivity contribution is -0.123. The molecule has 1 saturated carbocycles. The Hall–Kier alpha value is -2.08. The molecule has 2 aliphatic rings. The van der Waals surface area contributed by atoms with Crippen LogP contribution in [0.2, 0.25) is 0 Å². The Kier molecular flexibility index (Phi) is 4.18. The molecule has 0 bridgehead atoms. The highest BCUT2D eigenvalue weighted by atomic mass is 32.2. The molecule has 2 heterocycles. The number of carbonyl (C=O) groups excluding carboxylic acids is 2. The van der Waals surface area contributed by atoms with Crippen LogP contribution in [0.1, 0.15) is 26.7 Å². The van der Waals surface area contributed by atoms with Crippen LogP contribution >= 0.6 is 11.8 Å². The van der Waals surface area contributed by atoms with Gasteiger partial charge < -0.3 is 5.73 Å². The molecule has 1 aromatic carbocycles. The van der Waals surface area contributed by atoms with E-state index in [2.05, 4.69) is 18.8 Å². The van der Waals surface area contributed by atoms with Gasteiger partial charge in [-0.05, 0) is 42.7 Å². The Morgan fingerprint density at radius 1 is 1.31 bits per heavy atom. The summed E-state index contributed by atoms with van der Waals surface area (Å²) in [6, 6.07) is 5.56. The van der Waals surface area contributed by atoms with E-state index in [9.17, 15) is 9.59 Å². The quantitative estimate of drug-likeness (QED) is 0.507. The van der Waals surface area contributed by atoms with Gasteiger partial charge in [0, 0.05) is 16.5 Å². The lowest BCUT2D eigenvalue weighted by Crippen LogP contribution is -2.33. The zero-order valence-electron chi connectivity index (χ0n) is 15.2. The normalized spacial score (nSPS) is 28.2. The highest BCUT2D eigenvalue weighted by Gasteiger charge is 2.57. The summed E-state index contributed by atoms with van der Waals surface area (Å²) in [5.41, 5.74) is 8.11. The number of hydrogen-bond donors (Lipinski definition) is 1. The lowest BCUT2D eigenvalue weighted by Gasteiger charge is -2.22. The number of carbonyl (C=O) groups is 2. The first kappa shape index (κ1) is 17.3. The molecular weight excluding hydrogens is 346 g/mol. The van der Waals surface area contributed by atoms with E-state index in [1.54, 1.807) is 6.20 Å². The van der Waals surface area contributed by atoms with Crippen molar-refractivity contribution >= 4 is 45.9 Å². The number of thioether (sulfide) groups is 1. The van der Waals surface area contributed by atoms with Crippen molar-refractivity contribution in [1.29, 1.82) is 0 Å². The van der Waals surface area contributed by atoms with E-state index in [1.165, 1.54) is 16.7 Å². The molecule has 26 heavy (non-hydrogen) atoms. The van der Waals surface area contributed by atoms with E-state index in [4.69, 9.17) is 5.73 Å².